The molecule has 2 aliphatic rings. The van der Waals surface area contributed by atoms with Crippen molar-refractivity contribution in [1.29, 1.82) is 0 Å². The molecule has 1 saturated heterocycles. The highest BCUT2D eigenvalue weighted by Gasteiger charge is 2.46. The first kappa shape index (κ1) is 18.8. The number of anilines is 1. The van der Waals surface area contributed by atoms with Gasteiger partial charge in [0.25, 0.3) is 0 Å². The van der Waals surface area contributed by atoms with E-state index in [1.807, 2.05) is 30.7 Å². The molecular weight excluding hydrogens is 404 g/mol. The van der Waals surface area contributed by atoms with Crippen molar-refractivity contribution >= 4 is 29.2 Å². The van der Waals surface area contributed by atoms with Crippen molar-refractivity contribution in [2.24, 2.45) is 11.1 Å². The van der Waals surface area contributed by atoms with E-state index in [1.54, 1.807) is 12.4 Å². The molecule has 0 saturated carbocycles. The molecule has 5 rings (SSSR count). The second-order valence-electron chi connectivity index (χ2n) is 7.69. The van der Waals surface area contributed by atoms with Gasteiger partial charge in [0.2, 0.25) is 0 Å². The number of nitrogens with zero attached hydrogens (tertiary/aromatic N) is 5. The lowest BCUT2D eigenvalue weighted by Gasteiger charge is -2.42. The Morgan fingerprint density at radius 3 is 2.66 bits per heavy atom. The topological polar surface area (TPSA) is 80.8 Å². The van der Waals surface area contributed by atoms with Gasteiger partial charge in [-0.15, -0.1) is 0 Å². The minimum atomic E-state index is 0.0942. The Balaban J connectivity index is 1.25. The van der Waals surface area contributed by atoms with Crippen LogP contribution in [-0.4, -0.2) is 33.0 Å². The normalized spacial score (nSPS) is 20.1. The van der Waals surface area contributed by atoms with Gasteiger partial charge in [0.1, 0.15) is 16.0 Å². The summed E-state index contributed by atoms with van der Waals surface area (Å²) in [6.45, 7) is 1.87. The van der Waals surface area contributed by atoms with Gasteiger partial charge in [-0.1, -0.05) is 23.4 Å². The van der Waals surface area contributed by atoms with E-state index in [4.69, 9.17) is 17.3 Å². The molecule has 4 heterocycles. The Morgan fingerprint density at radius 1 is 1.07 bits per heavy atom. The number of piperidine rings is 1. The maximum absolute atomic E-state index is 6.65. The van der Waals surface area contributed by atoms with Gasteiger partial charge < -0.3 is 10.6 Å². The number of nitrogens with two attached hydrogens (primary N) is 1. The zero-order chi connectivity index (χ0) is 19.8. The Bertz CT molecular complexity index is 1020. The van der Waals surface area contributed by atoms with Crippen molar-refractivity contribution in [3.05, 3.63) is 65.5 Å². The summed E-state index contributed by atoms with van der Waals surface area (Å²) in [5, 5.41) is 1.28. The number of pyridine rings is 2. The summed E-state index contributed by atoms with van der Waals surface area (Å²) >= 11 is 7.60. The quantitative estimate of drug-likeness (QED) is 0.638. The molecule has 0 aromatic carbocycles. The van der Waals surface area contributed by atoms with E-state index in [2.05, 4.69) is 30.9 Å². The Kier molecular flexibility index (Phi) is 4.89. The monoisotopic (exact) mass is 424 g/mol. The van der Waals surface area contributed by atoms with E-state index in [0.717, 1.165) is 48.1 Å². The highest BCUT2D eigenvalue weighted by molar-refractivity contribution is 7.99. The highest BCUT2D eigenvalue weighted by Crippen LogP contribution is 2.50. The van der Waals surface area contributed by atoms with Crippen LogP contribution in [0.5, 0.6) is 0 Å². The lowest BCUT2D eigenvalue weighted by Crippen LogP contribution is -2.44. The van der Waals surface area contributed by atoms with Crippen molar-refractivity contribution in [1.82, 2.24) is 19.9 Å². The number of halogens is 1. The van der Waals surface area contributed by atoms with Crippen LogP contribution in [0.25, 0.3) is 0 Å². The van der Waals surface area contributed by atoms with Crippen LogP contribution >= 0.6 is 23.4 Å². The minimum Gasteiger partial charge on any atom is -0.355 e. The van der Waals surface area contributed by atoms with Crippen LogP contribution in [0.15, 0.2) is 59.1 Å². The molecule has 0 unspecified atom stereocenters. The van der Waals surface area contributed by atoms with Gasteiger partial charge >= 0.3 is 0 Å². The van der Waals surface area contributed by atoms with E-state index in [-0.39, 0.29) is 11.5 Å². The number of rotatable bonds is 3. The highest BCUT2D eigenvalue weighted by atomic mass is 35.5. The molecule has 2 N–H and O–H groups in total. The predicted molar refractivity (Wildman–Crippen MR) is 114 cm³/mol. The average molecular weight is 425 g/mol. The van der Waals surface area contributed by atoms with Gasteiger partial charge in [0.15, 0.2) is 0 Å². The van der Waals surface area contributed by atoms with E-state index in [1.165, 1.54) is 22.9 Å². The molecule has 3 aromatic heterocycles. The summed E-state index contributed by atoms with van der Waals surface area (Å²) in [7, 11) is 0. The third-order valence-corrected chi connectivity index (χ3v) is 7.50. The second-order valence-corrected chi connectivity index (χ2v) is 9.11. The molecular formula is C21H21ClN6S. The molecule has 0 bridgehead atoms. The van der Waals surface area contributed by atoms with Crippen LogP contribution < -0.4 is 10.6 Å². The van der Waals surface area contributed by atoms with Gasteiger partial charge in [-0.3, -0.25) is 4.98 Å². The first-order valence-electron chi connectivity index (χ1n) is 9.68. The Hall–Kier alpha value is -2.22. The minimum absolute atomic E-state index is 0.0942. The van der Waals surface area contributed by atoms with Crippen molar-refractivity contribution in [2.75, 3.05) is 18.0 Å². The second kappa shape index (κ2) is 7.55. The fourth-order valence-electron chi connectivity index (χ4n) is 4.46. The third kappa shape index (κ3) is 3.47. The summed E-state index contributed by atoms with van der Waals surface area (Å²) in [4.78, 5) is 20.8. The molecule has 1 spiro atoms. The molecule has 1 fully saturated rings. The van der Waals surface area contributed by atoms with Crippen molar-refractivity contribution < 1.29 is 0 Å². The average Bonchev–Trinajstić information content (AvgIpc) is 3.03. The SMILES string of the molecule is N[C@@H]1c2ccncc2CC12CCN(c1cnc(Sc3cccnc3Cl)cn1)CC2. The van der Waals surface area contributed by atoms with Crippen molar-refractivity contribution in [2.45, 2.75) is 35.2 Å². The maximum Gasteiger partial charge on any atom is 0.147 e. The van der Waals surface area contributed by atoms with Crippen LogP contribution in [0.1, 0.15) is 30.0 Å². The molecule has 1 aliphatic heterocycles. The zero-order valence-corrected chi connectivity index (χ0v) is 17.4. The molecule has 0 amide bonds. The zero-order valence-electron chi connectivity index (χ0n) is 15.8. The van der Waals surface area contributed by atoms with Gasteiger partial charge in [0.05, 0.1) is 17.3 Å². The Labute approximate surface area is 178 Å². The predicted octanol–water partition coefficient (Wildman–Crippen LogP) is 3.91. The summed E-state index contributed by atoms with van der Waals surface area (Å²) in [6.07, 6.45) is 12.3. The van der Waals surface area contributed by atoms with Crippen LogP contribution in [-0.2, 0) is 6.42 Å². The van der Waals surface area contributed by atoms with Gasteiger partial charge in [-0.25, -0.2) is 15.0 Å². The largest absolute Gasteiger partial charge is 0.355 e. The van der Waals surface area contributed by atoms with Crippen LogP contribution in [0, 0.1) is 5.41 Å². The van der Waals surface area contributed by atoms with Gasteiger partial charge in [-0.05, 0) is 54.0 Å². The third-order valence-electron chi connectivity index (χ3n) is 6.12. The van der Waals surface area contributed by atoms with Crippen LogP contribution in [0.2, 0.25) is 5.15 Å². The van der Waals surface area contributed by atoms with E-state index in [9.17, 15) is 0 Å². The molecule has 0 radical (unpaired) electrons. The summed E-state index contributed by atoms with van der Waals surface area (Å²) in [5.74, 6) is 0.909. The number of fused-ring (bicyclic) bond motifs is 1. The fourth-order valence-corrected chi connectivity index (χ4v) is 5.42. The van der Waals surface area contributed by atoms with E-state index < -0.39 is 0 Å². The van der Waals surface area contributed by atoms with Crippen molar-refractivity contribution in [3.8, 4) is 0 Å². The maximum atomic E-state index is 6.65. The van der Waals surface area contributed by atoms with E-state index in [0.29, 0.717) is 5.15 Å². The van der Waals surface area contributed by atoms with Gasteiger partial charge in [-0.2, -0.15) is 0 Å². The first-order chi connectivity index (χ1) is 14.1. The van der Waals surface area contributed by atoms with Crippen molar-refractivity contribution in [3.63, 3.8) is 0 Å². The number of aromatic nitrogens is 4. The standard InChI is InChI=1S/C21H21ClN6S/c22-20-16(2-1-6-25-20)29-18-13-26-17(12-27-18)28-8-4-21(5-9-28)10-14-11-24-7-3-15(14)19(21)23/h1-3,6-7,11-13,19H,4-5,8-10,23H2/t19-/m1/s1. The summed E-state index contributed by atoms with van der Waals surface area (Å²) in [5.41, 5.74) is 9.37. The molecule has 1 atom stereocenters. The van der Waals surface area contributed by atoms with E-state index >= 15 is 0 Å². The molecule has 3 aromatic rings. The number of hydrogen-bond acceptors (Lipinski definition) is 7. The van der Waals surface area contributed by atoms with Gasteiger partial charge in [0, 0.05) is 37.7 Å². The lowest BCUT2D eigenvalue weighted by atomic mass is 9.73. The lowest BCUT2D eigenvalue weighted by molar-refractivity contribution is 0.187. The molecule has 29 heavy (non-hydrogen) atoms. The molecule has 8 heteroatoms. The fraction of sp³-hybridized carbons (Fsp3) is 0.333. The molecule has 6 nitrogen and oxygen atoms in total. The molecule has 1 aliphatic carbocycles. The smallest absolute Gasteiger partial charge is 0.147 e. The first-order valence-corrected chi connectivity index (χ1v) is 10.9. The summed E-state index contributed by atoms with van der Waals surface area (Å²) < 4.78 is 0. The summed E-state index contributed by atoms with van der Waals surface area (Å²) in [6, 6.07) is 5.97. The Morgan fingerprint density at radius 2 is 1.93 bits per heavy atom. The molecule has 148 valence electrons. The number of hydrogen-bond donors (Lipinski definition) is 1. The van der Waals surface area contributed by atoms with Crippen LogP contribution in [0.4, 0.5) is 5.82 Å². The van der Waals surface area contributed by atoms with Crippen LogP contribution in [0.3, 0.4) is 0 Å².